The lowest BCUT2D eigenvalue weighted by molar-refractivity contribution is -0.00519. The van der Waals surface area contributed by atoms with Crippen LogP contribution in [0.2, 0.25) is 0 Å². The summed E-state index contributed by atoms with van der Waals surface area (Å²) in [7, 11) is 4.14. The van der Waals surface area contributed by atoms with E-state index in [1.807, 2.05) is 30.3 Å². The zero-order valence-corrected chi connectivity index (χ0v) is 17.7. The molecule has 2 unspecified atom stereocenters. The van der Waals surface area contributed by atoms with Crippen molar-refractivity contribution in [2.75, 3.05) is 64.9 Å². The predicted octanol–water partition coefficient (Wildman–Crippen LogP) is 1.74. The van der Waals surface area contributed by atoms with Gasteiger partial charge in [0.15, 0.2) is 6.23 Å². The van der Waals surface area contributed by atoms with Crippen LogP contribution in [0.25, 0.3) is 6.08 Å². The molecule has 0 saturated carbocycles. The maximum Gasteiger partial charge on any atom is 0.150 e. The molecule has 0 amide bonds. The molecule has 2 atom stereocenters. The number of benzene rings is 1. The standard InChI is InChI=1S/C23H34N4O2/c1-25-10-12-27(13-11-25)23(9-5-6-14-29-18-23)17-24-16-20-15-19-7-3-4-8-21(19)26(2)22(20)28/h3-4,6-8,14-15,22,24,28H,5,9-13,16-18H2,1-2H3. The minimum Gasteiger partial charge on any atom is -0.500 e. The molecular weight excluding hydrogens is 364 g/mol. The number of aliphatic hydroxyl groups excluding tert-OH is 1. The fourth-order valence-corrected chi connectivity index (χ4v) is 4.71. The molecule has 29 heavy (non-hydrogen) atoms. The van der Waals surface area contributed by atoms with Crippen LogP contribution in [0.4, 0.5) is 5.69 Å². The maximum atomic E-state index is 10.8. The zero-order chi connectivity index (χ0) is 20.3. The Balaban J connectivity index is 1.45. The summed E-state index contributed by atoms with van der Waals surface area (Å²) >= 11 is 0. The molecule has 6 nitrogen and oxygen atoms in total. The van der Waals surface area contributed by atoms with E-state index in [0.717, 1.165) is 62.4 Å². The minimum atomic E-state index is -0.593. The second-order valence-corrected chi connectivity index (χ2v) is 8.60. The molecule has 6 heteroatoms. The second kappa shape index (κ2) is 8.88. The van der Waals surface area contributed by atoms with Gasteiger partial charge in [-0.15, -0.1) is 0 Å². The van der Waals surface area contributed by atoms with Crippen molar-refractivity contribution in [1.82, 2.24) is 15.1 Å². The summed E-state index contributed by atoms with van der Waals surface area (Å²) < 4.78 is 5.87. The number of anilines is 1. The fraction of sp³-hybridized carbons (Fsp3) is 0.565. The van der Waals surface area contributed by atoms with Crippen molar-refractivity contribution in [3.8, 4) is 0 Å². The topological polar surface area (TPSA) is 51.2 Å². The third-order valence-electron chi connectivity index (χ3n) is 6.63. The summed E-state index contributed by atoms with van der Waals surface area (Å²) in [6, 6.07) is 8.22. The van der Waals surface area contributed by atoms with E-state index in [-0.39, 0.29) is 5.54 Å². The maximum absolute atomic E-state index is 10.8. The van der Waals surface area contributed by atoms with Crippen molar-refractivity contribution in [2.24, 2.45) is 0 Å². The van der Waals surface area contributed by atoms with Gasteiger partial charge >= 0.3 is 0 Å². The lowest BCUT2D eigenvalue weighted by Gasteiger charge is -2.47. The number of fused-ring (bicyclic) bond motifs is 1. The molecule has 1 fully saturated rings. The van der Waals surface area contributed by atoms with E-state index in [1.165, 1.54) is 0 Å². The van der Waals surface area contributed by atoms with Gasteiger partial charge in [0.1, 0.15) is 6.61 Å². The number of para-hydroxylation sites is 1. The summed E-state index contributed by atoms with van der Waals surface area (Å²) in [4.78, 5) is 6.95. The molecule has 3 heterocycles. The first-order chi connectivity index (χ1) is 14.1. The largest absolute Gasteiger partial charge is 0.500 e. The molecule has 1 aromatic carbocycles. The Morgan fingerprint density at radius 1 is 1.17 bits per heavy atom. The fourth-order valence-electron chi connectivity index (χ4n) is 4.71. The molecule has 0 aliphatic carbocycles. The van der Waals surface area contributed by atoms with E-state index in [9.17, 15) is 5.11 Å². The van der Waals surface area contributed by atoms with E-state index in [1.54, 1.807) is 0 Å². The van der Waals surface area contributed by atoms with Gasteiger partial charge in [-0.05, 0) is 49.2 Å². The highest BCUT2D eigenvalue weighted by atomic mass is 16.5. The molecule has 4 rings (SSSR count). The van der Waals surface area contributed by atoms with Gasteiger partial charge in [-0.3, -0.25) is 4.90 Å². The summed E-state index contributed by atoms with van der Waals surface area (Å²) in [5.41, 5.74) is 3.23. The van der Waals surface area contributed by atoms with E-state index in [0.29, 0.717) is 13.2 Å². The summed E-state index contributed by atoms with van der Waals surface area (Å²) in [5.74, 6) is 0. The lowest BCUT2D eigenvalue weighted by atomic mass is 9.90. The number of allylic oxidation sites excluding steroid dienone is 1. The van der Waals surface area contributed by atoms with Gasteiger partial charge < -0.3 is 25.0 Å². The highest BCUT2D eigenvalue weighted by Gasteiger charge is 2.39. The first-order valence-electron chi connectivity index (χ1n) is 10.7. The molecule has 0 radical (unpaired) electrons. The minimum absolute atomic E-state index is 0.00521. The monoisotopic (exact) mass is 398 g/mol. The van der Waals surface area contributed by atoms with Crippen molar-refractivity contribution < 1.29 is 9.84 Å². The Bertz CT molecular complexity index is 745. The van der Waals surface area contributed by atoms with Crippen molar-refractivity contribution in [1.29, 1.82) is 0 Å². The molecular formula is C23H34N4O2. The zero-order valence-electron chi connectivity index (χ0n) is 17.7. The molecule has 158 valence electrons. The number of likely N-dealkylation sites (N-methyl/N-ethyl adjacent to an activating group) is 2. The van der Waals surface area contributed by atoms with Gasteiger partial charge in [0.25, 0.3) is 0 Å². The summed E-state index contributed by atoms with van der Waals surface area (Å²) in [6.07, 6.45) is 7.65. The molecule has 3 aliphatic heterocycles. The number of nitrogens with zero attached hydrogens (tertiary/aromatic N) is 3. The third-order valence-corrected chi connectivity index (χ3v) is 6.63. The Hall–Kier alpha value is -1.86. The van der Waals surface area contributed by atoms with Gasteiger partial charge in [0.05, 0.1) is 11.8 Å². The molecule has 3 aliphatic rings. The third kappa shape index (κ3) is 4.36. The van der Waals surface area contributed by atoms with Crippen molar-refractivity contribution in [3.05, 3.63) is 47.7 Å². The van der Waals surface area contributed by atoms with Crippen LogP contribution in [0.5, 0.6) is 0 Å². The number of ether oxygens (including phenoxy) is 1. The highest BCUT2D eigenvalue weighted by molar-refractivity contribution is 5.73. The molecule has 0 aromatic heterocycles. The van der Waals surface area contributed by atoms with Crippen LogP contribution in [0, 0.1) is 0 Å². The van der Waals surface area contributed by atoms with Crippen LogP contribution < -0.4 is 10.2 Å². The Morgan fingerprint density at radius 2 is 1.97 bits per heavy atom. The van der Waals surface area contributed by atoms with Crippen molar-refractivity contribution in [3.63, 3.8) is 0 Å². The molecule has 1 saturated heterocycles. The van der Waals surface area contributed by atoms with Crippen LogP contribution in [0.15, 0.2) is 42.2 Å². The Kier molecular flexibility index (Phi) is 6.25. The Labute approximate surface area is 174 Å². The first-order valence-corrected chi connectivity index (χ1v) is 10.7. The van der Waals surface area contributed by atoms with Crippen LogP contribution in [-0.2, 0) is 4.74 Å². The quantitative estimate of drug-likeness (QED) is 0.788. The first kappa shape index (κ1) is 20.4. The molecule has 0 spiro atoms. The van der Waals surface area contributed by atoms with Crippen LogP contribution >= 0.6 is 0 Å². The Morgan fingerprint density at radius 3 is 2.79 bits per heavy atom. The van der Waals surface area contributed by atoms with Gasteiger partial charge in [-0.2, -0.15) is 0 Å². The molecule has 0 bridgehead atoms. The van der Waals surface area contributed by atoms with E-state index >= 15 is 0 Å². The summed E-state index contributed by atoms with van der Waals surface area (Å²) in [6.45, 7) is 6.58. The number of piperazine rings is 1. The second-order valence-electron chi connectivity index (χ2n) is 8.60. The van der Waals surface area contributed by atoms with Crippen LogP contribution in [0.3, 0.4) is 0 Å². The number of hydrogen-bond donors (Lipinski definition) is 2. The normalized spacial score (nSPS) is 28.4. The number of rotatable bonds is 5. The highest BCUT2D eigenvalue weighted by Crippen LogP contribution is 2.30. The average Bonchev–Trinajstić information content (AvgIpc) is 2.99. The van der Waals surface area contributed by atoms with E-state index in [2.05, 4.69) is 46.4 Å². The van der Waals surface area contributed by atoms with Gasteiger partial charge in [-0.1, -0.05) is 18.2 Å². The SMILES string of the molecule is CN1CCN(C2(CNCC3=Cc4ccccc4N(C)C3O)CCC=COC2)CC1. The summed E-state index contributed by atoms with van der Waals surface area (Å²) in [5, 5.41) is 14.4. The van der Waals surface area contributed by atoms with Gasteiger partial charge in [-0.25, -0.2) is 0 Å². The molecule has 2 N–H and O–H groups in total. The number of hydrogen-bond acceptors (Lipinski definition) is 6. The van der Waals surface area contributed by atoms with Gasteiger partial charge in [0.2, 0.25) is 0 Å². The number of aliphatic hydroxyl groups is 1. The van der Waals surface area contributed by atoms with Crippen molar-refractivity contribution in [2.45, 2.75) is 24.6 Å². The average molecular weight is 399 g/mol. The molecule has 1 aromatic rings. The smallest absolute Gasteiger partial charge is 0.150 e. The van der Waals surface area contributed by atoms with Gasteiger partial charge in [0, 0.05) is 52.0 Å². The van der Waals surface area contributed by atoms with Crippen LogP contribution in [-0.4, -0.2) is 86.6 Å². The number of nitrogens with one attached hydrogen (secondary N) is 1. The predicted molar refractivity (Wildman–Crippen MR) is 118 cm³/mol. The lowest BCUT2D eigenvalue weighted by Crippen LogP contribution is -2.62. The van der Waals surface area contributed by atoms with Crippen molar-refractivity contribution >= 4 is 11.8 Å². The van der Waals surface area contributed by atoms with E-state index < -0.39 is 6.23 Å². The van der Waals surface area contributed by atoms with E-state index in [4.69, 9.17) is 4.74 Å². The van der Waals surface area contributed by atoms with Crippen LogP contribution in [0.1, 0.15) is 18.4 Å².